The highest BCUT2D eigenvalue weighted by Crippen LogP contribution is 2.16. The minimum atomic E-state index is -1.42. The lowest BCUT2D eigenvalue weighted by Gasteiger charge is -2.10. The Bertz CT molecular complexity index is 604. The molecule has 8 heteroatoms. The molecule has 0 radical (unpaired) electrons. The highest BCUT2D eigenvalue weighted by Gasteiger charge is 2.21. The van der Waals surface area contributed by atoms with Crippen molar-refractivity contribution < 1.29 is 23.9 Å². The van der Waals surface area contributed by atoms with Gasteiger partial charge in [0.2, 0.25) is 11.8 Å². The summed E-state index contributed by atoms with van der Waals surface area (Å²) < 4.78 is 14.0. The highest BCUT2D eigenvalue weighted by molar-refractivity contribution is 9.10. The number of nitrogens with one attached hydrogen (secondary N) is 1. The van der Waals surface area contributed by atoms with Crippen molar-refractivity contribution in [3.05, 3.63) is 40.1 Å². The van der Waals surface area contributed by atoms with Crippen molar-refractivity contribution in [2.75, 3.05) is 0 Å². The summed E-state index contributed by atoms with van der Waals surface area (Å²) in [5.74, 6) is -3.55. The first kappa shape index (κ1) is 16.8. The number of carbonyl (C=O) groups is 3. The van der Waals surface area contributed by atoms with Crippen LogP contribution in [0, 0.1) is 5.82 Å². The summed E-state index contributed by atoms with van der Waals surface area (Å²) in [6.45, 7) is 0. The summed E-state index contributed by atoms with van der Waals surface area (Å²) in [6, 6.07) is 2.75. The Morgan fingerprint density at radius 2 is 2.10 bits per heavy atom. The van der Waals surface area contributed by atoms with Crippen molar-refractivity contribution in [3.8, 4) is 0 Å². The molecule has 1 aromatic rings. The van der Waals surface area contributed by atoms with Gasteiger partial charge in [0, 0.05) is 16.1 Å². The fourth-order valence-corrected chi connectivity index (χ4v) is 1.81. The van der Waals surface area contributed by atoms with Crippen LogP contribution in [0.15, 0.2) is 28.7 Å². The van der Waals surface area contributed by atoms with E-state index in [1.165, 1.54) is 24.3 Å². The molecule has 6 nitrogen and oxygen atoms in total. The number of carboxylic acid groups (broad SMARTS) is 1. The van der Waals surface area contributed by atoms with E-state index in [1.807, 2.05) is 0 Å². The van der Waals surface area contributed by atoms with E-state index in [0.717, 1.165) is 6.08 Å². The molecular weight excluding hydrogens is 347 g/mol. The Hall–Kier alpha value is -2.22. The van der Waals surface area contributed by atoms with E-state index in [0.29, 0.717) is 4.47 Å². The first-order valence-electron chi connectivity index (χ1n) is 5.74. The molecule has 1 rings (SSSR count). The van der Waals surface area contributed by atoms with Crippen LogP contribution in [0.4, 0.5) is 4.39 Å². The third kappa shape index (κ3) is 5.74. The Balaban J connectivity index is 2.75. The third-order valence-corrected chi connectivity index (χ3v) is 2.89. The van der Waals surface area contributed by atoms with Crippen LogP contribution in [0.1, 0.15) is 12.0 Å². The second kappa shape index (κ2) is 7.53. The van der Waals surface area contributed by atoms with Crippen molar-refractivity contribution in [2.45, 2.75) is 12.5 Å². The molecule has 0 aliphatic rings. The van der Waals surface area contributed by atoms with Gasteiger partial charge in [0.15, 0.2) is 0 Å². The summed E-state index contributed by atoms with van der Waals surface area (Å²) in [6.07, 6.45) is 1.64. The molecule has 0 saturated heterocycles. The Labute approximate surface area is 127 Å². The number of carboxylic acids is 1. The van der Waals surface area contributed by atoms with Crippen LogP contribution in [-0.2, 0) is 14.4 Å². The van der Waals surface area contributed by atoms with Gasteiger partial charge < -0.3 is 16.2 Å². The SMILES string of the molecule is NC(=O)C[C@H](NC(=O)C=Cc1cc(Br)ccc1F)C(=O)O. The molecule has 1 atom stereocenters. The van der Waals surface area contributed by atoms with Gasteiger partial charge in [0.1, 0.15) is 11.9 Å². The standard InChI is InChI=1S/C13H12BrFN2O4/c14-8-2-3-9(15)7(5-8)1-4-12(19)17-10(13(20)21)6-11(16)18/h1-5,10H,6H2,(H2,16,18)(H,17,19)(H,20,21)/t10-/m0/s1. The van der Waals surface area contributed by atoms with Crippen LogP contribution in [0.3, 0.4) is 0 Å². The minimum Gasteiger partial charge on any atom is -0.480 e. The Morgan fingerprint density at radius 1 is 1.43 bits per heavy atom. The number of hydrogen-bond acceptors (Lipinski definition) is 3. The van der Waals surface area contributed by atoms with Gasteiger partial charge in [0.05, 0.1) is 6.42 Å². The number of primary amides is 1. The normalized spacial score (nSPS) is 12.1. The number of aliphatic carboxylic acids is 1. The first-order chi connectivity index (χ1) is 9.79. The fourth-order valence-electron chi connectivity index (χ4n) is 1.43. The fraction of sp³-hybridized carbons (Fsp3) is 0.154. The summed E-state index contributed by atoms with van der Waals surface area (Å²) in [7, 11) is 0. The molecule has 0 saturated carbocycles. The summed E-state index contributed by atoms with van der Waals surface area (Å²) >= 11 is 3.16. The van der Waals surface area contributed by atoms with Gasteiger partial charge in [-0.1, -0.05) is 15.9 Å². The average molecular weight is 359 g/mol. The monoisotopic (exact) mass is 358 g/mol. The van der Waals surface area contributed by atoms with Crippen LogP contribution in [-0.4, -0.2) is 28.9 Å². The van der Waals surface area contributed by atoms with Gasteiger partial charge in [-0.05, 0) is 24.3 Å². The smallest absolute Gasteiger partial charge is 0.326 e. The predicted octanol–water partition coefficient (Wildman–Crippen LogP) is 1.05. The van der Waals surface area contributed by atoms with Crippen LogP contribution < -0.4 is 11.1 Å². The van der Waals surface area contributed by atoms with Crippen molar-refractivity contribution >= 4 is 39.8 Å². The van der Waals surface area contributed by atoms with E-state index >= 15 is 0 Å². The van der Waals surface area contributed by atoms with Crippen molar-refractivity contribution in [2.24, 2.45) is 5.73 Å². The van der Waals surface area contributed by atoms with E-state index in [2.05, 4.69) is 21.2 Å². The quantitative estimate of drug-likeness (QED) is 0.660. The number of carbonyl (C=O) groups excluding carboxylic acids is 2. The molecular formula is C13H12BrFN2O4. The second-order valence-electron chi connectivity index (χ2n) is 4.07. The molecule has 2 amide bonds. The van der Waals surface area contributed by atoms with Gasteiger partial charge in [0.25, 0.3) is 0 Å². The minimum absolute atomic E-state index is 0.154. The molecule has 0 aliphatic carbocycles. The average Bonchev–Trinajstić information content (AvgIpc) is 2.38. The number of amides is 2. The van der Waals surface area contributed by atoms with Crippen LogP contribution >= 0.6 is 15.9 Å². The highest BCUT2D eigenvalue weighted by atomic mass is 79.9. The molecule has 0 heterocycles. The Morgan fingerprint density at radius 3 is 2.67 bits per heavy atom. The predicted molar refractivity (Wildman–Crippen MR) is 76.5 cm³/mol. The zero-order valence-electron chi connectivity index (χ0n) is 10.7. The maximum absolute atomic E-state index is 13.4. The largest absolute Gasteiger partial charge is 0.480 e. The lowest BCUT2D eigenvalue weighted by molar-refractivity contribution is -0.142. The number of halogens is 2. The Kier molecular flexibility index (Phi) is 6.04. The van der Waals surface area contributed by atoms with E-state index in [1.54, 1.807) is 0 Å². The lowest BCUT2D eigenvalue weighted by atomic mass is 10.2. The molecule has 4 N–H and O–H groups in total. The summed E-state index contributed by atoms with van der Waals surface area (Å²) in [4.78, 5) is 33.1. The maximum atomic E-state index is 13.4. The molecule has 0 bridgehead atoms. The van der Waals surface area contributed by atoms with Gasteiger partial charge in [-0.3, -0.25) is 9.59 Å². The molecule has 1 aromatic carbocycles. The van der Waals surface area contributed by atoms with Gasteiger partial charge >= 0.3 is 5.97 Å². The van der Waals surface area contributed by atoms with E-state index in [9.17, 15) is 18.8 Å². The van der Waals surface area contributed by atoms with Gasteiger partial charge in [-0.15, -0.1) is 0 Å². The van der Waals surface area contributed by atoms with Crippen molar-refractivity contribution in [3.63, 3.8) is 0 Å². The van der Waals surface area contributed by atoms with Gasteiger partial charge in [-0.2, -0.15) is 0 Å². The zero-order chi connectivity index (χ0) is 16.0. The molecule has 0 spiro atoms. The van der Waals surface area contributed by atoms with Crippen molar-refractivity contribution in [1.29, 1.82) is 0 Å². The third-order valence-electron chi connectivity index (χ3n) is 2.39. The maximum Gasteiger partial charge on any atom is 0.326 e. The van der Waals surface area contributed by atoms with Crippen molar-refractivity contribution in [1.82, 2.24) is 5.32 Å². The molecule has 112 valence electrons. The molecule has 0 fully saturated rings. The molecule has 0 unspecified atom stereocenters. The summed E-state index contributed by atoms with van der Waals surface area (Å²) in [5, 5.41) is 10.9. The second-order valence-corrected chi connectivity index (χ2v) is 4.98. The topological polar surface area (TPSA) is 109 Å². The lowest BCUT2D eigenvalue weighted by Crippen LogP contribution is -2.42. The molecule has 0 aliphatic heterocycles. The number of hydrogen-bond donors (Lipinski definition) is 3. The first-order valence-corrected chi connectivity index (χ1v) is 6.53. The van der Waals surface area contributed by atoms with Crippen LogP contribution in [0.25, 0.3) is 6.08 Å². The van der Waals surface area contributed by atoms with E-state index < -0.39 is 36.1 Å². The number of benzene rings is 1. The van der Waals surface area contributed by atoms with Crippen LogP contribution in [0.5, 0.6) is 0 Å². The van der Waals surface area contributed by atoms with E-state index in [-0.39, 0.29) is 5.56 Å². The summed E-state index contributed by atoms with van der Waals surface area (Å²) in [5.41, 5.74) is 5.04. The van der Waals surface area contributed by atoms with Gasteiger partial charge in [-0.25, -0.2) is 9.18 Å². The molecule has 21 heavy (non-hydrogen) atoms. The van der Waals surface area contributed by atoms with Crippen LogP contribution in [0.2, 0.25) is 0 Å². The van der Waals surface area contributed by atoms with E-state index in [4.69, 9.17) is 10.8 Å². The number of rotatable bonds is 6. The molecule has 0 aromatic heterocycles. The zero-order valence-corrected chi connectivity index (χ0v) is 12.3. The number of nitrogens with two attached hydrogens (primary N) is 1.